The van der Waals surface area contributed by atoms with Crippen molar-refractivity contribution >= 4 is 5.97 Å². The van der Waals surface area contributed by atoms with E-state index in [0.29, 0.717) is 5.89 Å². The molecule has 2 aromatic carbocycles. The molecule has 0 aliphatic carbocycles. The van der Waals surface area contributed by atoms with E-state index < -0.39 is 5.97 Å². The van der Waals surface area contributed by atoms with E-state index in [1.54, 1.807) is 0 Å². The Kier molecular flexibility index (Phi) is 4.67. The van der Waals surface area contributed by atoms with Crippen LogP contribution in [0.15, 0.2) is 52.9 Å². The zero-order valence-corrected chi connectivity index (χ0v) is 13.2. The van der Waals surface area contributed by atoms with Gasteiger partial charge < -0.3 is 14.9 Å². The molecule has 0 aliphatic heterocycles. The lowest BCUT2D eigenvalue weighted by atomic mass is 9.96. The minimum Gasteiger partial charge on any atom is -0.455 e. The van der Waals surface area contributed by atoms with Crippen molar-refractivity contribution in [2.75, 3.05) is 6.54 Å². The Labute approximate surface area is 139 Å². The summed E-state index contributed by atoms with van der Waals surface area (Å²) >= 11 is 0. The fourth-order valence-corrected chi connectivity index (χ4v) is 2.42. The van der Waals surface area contributed by atoms with E-state index in [9.17, 15) is 4.79 Å². The fraction of sp³-hybridized carbons (Fsp3) is 0.167. The molecule has 1 heterocycles. The first-order valence-electron chi connectivity index (χ1n) is 7.52. The smallest absolute Gasteiger partial charge is 0.320 e. The summed E-state index contributed by atoms with van der Waals surface area (Å²) in [6, 6.07) is 16.0. The first kappa shape index (κ1) is 15.9. The minimum absolute atomic E-state index is 0.0829. The maximum absolute atomic E-state index is 11.1. The number of nitrogens with two attached hydrogens (primary N) is 1. The molecule has 0 saturated heterocycles. The largest absolute Gasteiger partial charge is 0.455 e. The van der Waals surface area contributed by atoms with Gasteiger partial charge in [0.25, 0.3) is 5.89 Å². The summed E-state index contributed by atoms with van der Waals surface area (Å²) in [4.78, 5) is 11.1. The summed E-state index contributed by atoms with van der Waals surface area (Å²) in [5.41, 5.74) is 9.29. The lowest BCUT2D eigenvalue weighted by Gasteiger charge is -2.09. The Morgan fingerprint density at radius 1 is 1.08 bits per heavy atom. The number of hydrogen-bond acceptors (Lipinski definition) is 6. The van der Waals surface area contributed by atoms with E-state index in [1.807, 2.05) is 37.3 Å². The first-order chi connectivity index (χ1) is 11.7. The molecule has 0 atom stereocenters. The Hall–Kier alpha value is -2.99. The van der Waals surface area contributed by atoms with E-state index in [1.165, 1.54) is 0 Å². The van der Waals surface area contributed by atoms with Gasteiger partial charge in [0.15, 0.2) is 6.61 Å². The standard InChI is InChI=1S/C18H17N3O3/c1-12-14(13-6-3-2-4-7-13)8-5-9-15(12)18-21-20-16(24-18)11-23-17(22)10-19/h2-9H,10-11,19H2,1H3. The molecule has 3 aromatic rings. The zero-order chi connectivity index (χ0) is 16.9. The van der Waals surface area contributed by atoms with Crippen LogP contribution in [0.2, 0.25) is 0 Å². The Balaban J connectivity index is 1.88. The predicted molar refractivity (Wildman–Crippen MR) is 88.8 cm³/mol. The number of aromatic nitrogens is 2. The van der Waals surface area contributed by atoms with Crippen LogP contribution in [0.3, 0.4) is 0 Å². The van der Waals surface area contributed by atoms with Crippen LogP contribution in [-0.4, -0.2) is 22.7 Å². The molecule has 1 aromatic heterocycles. The monoisotopic (exact) mass is 323 g/mol. The van der Waals surface area contributed by atoms with Gasteiger partial charge >= 0.3 is 5.97 Å². The molecule has 0 saturated carbocycles. The fourth-order valence-electron chi connectivity index (χ4n) is 2.42. The van der Waals surface area contributed by atoms with Gasteiger partial charge in [-0.2, -0.15) is 0 Å². The van der Waals surface area contributed by atoms with Crippen molar-refractivity contribution in [3.8, 4) is 22.6 Å². The van der Waals surface area contributed by atoms with Crippen LogP contribution < -0.4 is 5.73 Å². The molecule has 3 rings (SSSR count). The van der Waals surface area contributed by atoms with Crippen LogP contribution in [-0.2, 0) is 16.1 Å². The second-order valence-corrected chi connectivity index (χ2v) is 5.21. The second-order valence-electron chi connectivity index (χ2n) is 5.21. The number of carbonyl (C=O) groups is 1. The molecule has 2 N–H and O–H groups in total. The molecule has 0 fully saturated rings. The molecule has 0 amide bonds. The molecular weight excluding hydrogens is 306 g/mol. The van der Waals surface area contributed by atoms with E-state index in [4.69, 9.17) is 14.9 Å². The molecule has 24 heavy (non-hydrogen) atoms. The quantitative estimate of drug-likeness (QED) is 0.726. The maximum atomic E-state index is 11.1. The molecule has 0 spiro atoms. The van der Waals surface area contributed by atoms with Crippen molar-refractivity contribution < 1.29 is 13.9 Å². The summed E-state index contributed by atoms with van der Waals surface area (Å²) in [5, 5.41) is 7.95. The van der Waals surface area contributed by atoms with Crippen molar-refractivity contribution in [1.82, 2.24) is 10.2 Å². The van der Waals surface area contributed by atoms with Crippen molar-refractivity contribution in [2.45, 2.75) is 13.5 Å². The lowest BCUT2D eigenvalue weighted by molar-refractivity contribution is -0.143. The number of nitrogens with zero attached hydrogens (tertiary/aromatic N) is 2. The summed E-state index contributed by atoms with van der Waals surface area (Å²) < 4.78 is 10.5. The highest BCUT2D eigenvalue weighted by molar-refractivity contribution is 5.75. The Morgan fingerprint density at radius 2 is 1.83 bits per heavy atom. The van der Waals surface area contributed by atoms with Crippen LogP contribution in [0.5, 0.6) is 0 Å². The number of benzene rings is 2. The van der Waals surface area contributed by atoms with Crippen molar-refractivity contribution in [3.63, 3.8) is 0 Å². The predicted octanol–water partition coefficient (Wildman–Crippen LogP) is 2.71. The van der Waals surface area contributed by atoms with Crippen LogP contribution in [0.25, 0.3) is 22.6 Å². The summed E-state index contributed by atoms with van der Waals surface area (Å²) in [6.07, 6.45) is 0. The number of hydrogen-bond donors (Lipinski definition) is 1. The molecule has 0 radical (unpaired) electrons. The molecule has 0 bridgehead atoms. The van der Waals surface area contributed by atoms with E-state index in [0.717, 1.165) is 22.3 Å². The summed E-state index contributed by atoms with van der Waals surface area (Å²) in [6.45, 7) is 1.75. The Morgan fingerprint density at radius 3 is 2.58 bits per heavy atom. The van der Waals surface area contributed by atoms with E-state index in [2.05, 4.69) is 28.4 Å². The second kappa shape index (κ2) is 7.06. The first-order valence-corrected chi connectivity index (χ1v) is 7.52. The van der Waals surface area contributed by atoms with Gasteiger partial charge in [-0.3, -0.25) is 4.79 Å². The van der Waals surface area contributed by atoms with Gasteiger partial charge in [0.2, 0.25) is 5.89 Å². The normalized spacial score (nSPS) is 10.6. The number of esters is 1. The molecular formula is C18H17N3O3. The third-order valence-electron chi connectivity index (χ3n) is 3.64. The van der Waals surface area contributed by atoms with Crippen molar-refractivity contribution in [2.24, 2.45) is 5.73 Å². The number of ether oxygens (including phenoxy) is 1. The van der Waals surface area contributed by atoms with Crippen molar-refractivity contribution in [1.29, 1.82) is 0 Å². The van der Waals surface area contributed by atoms with Crippen LogP contribution in [0.1, 0.15) is 11.5 Å². The van der Waals surface area contributed by atoms with E-state index >= 15 is 0 Å². The van der Waals surface area contributed by atoms with Gasteiger partial charge in [0, 0.05) is 5.56 Å². The van der Waals surface area contributed by atoms with Gasteiger partial charge in [-0.05, 0) is 29.7 Å². The average Bonchev–Trinajstić information content (AvgIpc) is 3.09. The zero-order valence-electron chi connectivity index (χ0n) is 13.2. The van der Waals surface area contributed by atoms with Gasteiger partial charge in [-0.15, -0.1) is 10.2 Å². The average molecular weight is 323 g/mol. The molecule has 122 valence electrons. The van der Waals surface area contributed by atoms with Crippen LogP contribution >= 0.6 is 0 Å². The summed E-state index contributed by atoms with van der Waals surface area (Å²) in [5.74, 6) is 0.109. The highest BCUT2D eigenvalue weighted by Gasteiger charge is 2.14. The van der Waals surface area contributed by atoms with E-state index in [-0.39, 0.29) is 19.0 Å². The van der Waals surface area contributed by atoms with Crippen LogP contribution in [0.4, 0.5) is 0 Å². The number of rotatable bonds is 5. The topological polar surface area (TPSA) is 91.2 Å². The maximum Gasteiger partial charge on any atom is 0.320 e. The van der Waals surface area contributed by atoms with Gasteiger partial charge in [0.05, 0.1) is 6.54 Å². The van der Waals surface area contributed by atoms with Crippen molar-refractivity contribution in [3.05, 3.63) is 60.0 Å². The van der Waals surface area contributed by atoms with Crippen LogP contribution in [0, 0.1) is 6.92 Å². The highest BCUT2D eigenvalue weighted by Crippen LogP contribution is 2.31. The molecule has 6 nitrogen and oxygen atoms in total. The molecule has 0 unspecified atom stereocenters. The highest BCUT2D eigenvalue weighted by atomic mass is 16.5. The van der Waals surface area contributed by atoms with Gasteiger partial charge in [-0.1, -0.05) is 42.5 Å². The molecule has 6 heteroatoms. The SMILES string of the molecule is Cc1c(-c2ccccc2)cccc1-c1nnc(COC(=O)CN)o1. The third-order valence-corrected chi connectivity index (χ3v) is 3.64. The summed E-state index contributed by atoms with van der Waals surface area (Å²) in [7, 11) is 0. The molecule has 0 aliphatic rings. The Bertz CT molecular complexity index is 844. The number of carbonyl (C=O) groups excluding carboxylic acids is 1. The van der Waals surface area contributed by atoms with Gasteiger partial charge in [-0.25, -0.2) is 0 Å². The minimum atomic E-state index is -0.517. The van der Waals surface area contributed by atoms with Gasteiger partial charge in [0.1, 0.15) is 0 Å². The lowest BCUT2D eigenvalue weighted by Crippen LogP contribution is -2.16. The third kappa shape index (κ3) is 3.33.